The number of hydrogen-bond acceptors (Lipinski definition) is 3. The van der Waals surface area contributed by atoms with Gasteiger partial charge in [-0.25, -0.2) is 0 Å². The monoisotopic (exact) mass is 224 g/mol. The summed E-state index contributed by atoms with van der Waals surface area (Å²) >= 11 is 0. The zero-order chi connectivity index (χ0) is 12.1. The summed E-state index contributed by atoms with van der Waals surface area (Å²) in [5.41, 5.74) is 5.83. The van der Waals surface area contributed by atoms with Crippen molar-refractivity contribution in [1.29, 1.82) is 0 Å². The van der Waals surface area contributed by atoms with Gasteiger partial charge in [0, 0.05) is 12.5 Å². The third-order valence-electron chi connectivity index (χ3n) is 2.62. The molecule has 0 aliphatic heterocycles. The topological polar surface area (TPSA) is 68.3 Å². The highest BCUT2D eigenvalue weighted by Crippen LogP contribution is 2.12. The van der Waals surface area contributed by atoms with Crippen LogP contribution in [-0.2, 0) is 4.79 Å². The maximum absolute atomic E-state index is 11.6. The lowest BCUT2D eigenvalue weighted by Gasteiger charge is -2.17. The minimum absolute atomic E-state index is 0.0369. The first-order chi connectivity index (χ1) is 7.50. The molecule has 0 fully saturated rings. The van der Waals surface area contributed by atoms with Crippen LogP contribution in [0.15, 0.2) is 22.8 Å². The average molecular weight is 224 g/mol. The normalized spacial score (nSPS) is 14.8. The second-order valence-corrected chi connectivity index (χ2v) is 4.42. The van der Waals surface area contributed by atoms with Crippen LogP contribution in [0.25, 0.3) is 0 Å². The van der Waals surface area contributed by atoms with Crippen LogP contribution in [0.4, 0.5) is 0 Å². The first-order valence-electron chi connectivity index (χ1n) is 5.59. The lowest BCUT2D eigenvalue weighted by atomic mass is 10.0. The maximum atomic E-state index is 11.6. The Labute approximate surface area is 96.2 Å². The van der Waals surface area contributed by atoms with Crippen LogP contribution >= 0.6 is 0 Å². The minimum atomic E-state index is -0.109. The van der Waals surface area contributed by atoms with Gasteiger partial charge in [-0.1, -0.05) is 13.8 Å². The molecule has 1 aromatic rings. The molecule has 1 unspecified atom stereocenters. The number of nitrogens with two attached hydrogens (primary N) is 1. The number of carbonyl (C=O) groups is 1. The standard InChI is InChI=1S/C12H20N2O2/c1-8(2)10(13)7-12(15)14-9(3)11-5-4-6-16-11/h4-6,8-10H,7,13H2,1-3H3,(H,14,15)/t9-,10?/m0/s1. The molecule has 2 atom stereocenters. The zero-order valence-corrected chi connectivity index (χ0v) is 10.1. The molecule has 90 valence electrons. The van der Waals surface area contributed by atoms with E-state index >= 15 is 0 Å². The van der Waals surface area contributed by atoms with Crippen LogP contribution in [0.1, 0.15) is 39.0 Å². The van der Waals surface area contributed by atoms with Crippen molar-refractivity contribution in [3.8, 4) is 0 Å². The van der Waals surface area contributed by atoms with E-state index in [0.717, 1.165) is 5.76 Å². The van der Waals surface area contributed by atoms with E-state index in [0.29, 0.717) is 12.3 Å². The maximum Gasteiger partial charge on any atom is 0.222 e. The Morgan fingerprint density at radius 3 is 2.69 bits per heavy atom. The van der Waals surface area contributed by atoms with Crippen LogP contribution in [0.5, 0.6) is 0 Å². The number of hydrogen-bond donors (Lipinski definition) is 2. The smallest absolute Gasteiger partial charge is 0.222 e. The molecule has 0 aliphatic rings. The minimum Gasteiger partial charge on any atom is -0.467 e. The van der Waals surface area contributed by atoms with Gasteiger partial charge >= 0.3 is 0 Å². The molecule has 0 radical (unpaired) electrons. The fourth-order valence-corrected chi connectivity index (χ4v) is 1.36. The van der Waals surface area contributed by atoms with Gasteiger partial charge < -0.3 is 15.5 Å². The van der Waals surface area contributed by atoms with Crippen LogP contribution in [0.2, 0.25) is 0 Å². The summed E-state index contributed by atoms with van der Waals surface area (Å²) in [6.07, 6.45) is 1.94. The van der Waals surface area contributed by atoms with Gasteiger partial charge in [0.05, 0.1) is 12.3 Å². The Hall–Kier alpha value is -1.29. The van der Waals surface area contributed by atoms with Crippen molar-refractivity contribution in [3.63, 3.8) is 0 Å². The van der Waals surface area contributed by atoms with E-state index in [9.17, 15) is 4.79 Å². The summed E-state index contributed by atoms with van der Waals surface area (Å²) in [6, 6.07) is 3.44. The number of furan rings is 1. The number of amides is 1. The Kier molecular flexibility index (Phi) is 4.55. The van der Waals surface area contributed by atoms with Gasteiger partial charge in [0.15, 0.2) is 0 Å². The summed E-state index contributed by atoms with van der Waals surface area (Å²) < 4.78 is 5.20. The molecule has 1 rings (SSSR count). The highest BCUT2D eigenvalue weighted by atomic mass is 16.3. The first kappa shape index (κ1) is 12.8. The fourth-order valence-electron chi connectivity index (χ4n) is 1.36. The third-order valence-corrected chi connectivity index (χ3v) is 2.62. The highest BCUT2D eigenvalue weighted by molar-refractivity contribution is 5.76. The molecule has 0 aromatic carbocycles. The summed E-state index contributed by atoms with van der Waals surface area (Å²) in [6.45, 7) is 5.90. The zero-order valence-electron chi connectivity index (χ0n) is 10.1. The SMILES string of the molecule is CC(C)C(N)CC(=O)N[C@@H](C)c1ccco1. The molecule has 1 heterocycles. The molecule has 4 heteroatoms. The molecule has 16 heavy (non-hydrogen) atoms. The van der Waals surface area contributed by atoms with Crippen molar-refractivity contribution in [2.75, 3.05) is 0 Å². The molecule has 0 bridgehead atoms. The molecule has 1 amide bonds. The van der Waals surface area contributed by atoms with Gasteiger partial charge in [0.2, 0.25) is 5.91 Å². The fraction of sp³-hybridized carbons (Fsp3) is 0.583. The van der Waals surface area contributed by atoms with Gasteiger partial charge in [-0.2, -0.15) is 0 Å². The van der Waals surface area contributed by atoms with Crippen LogP contribution < -0.4 is 11.1 Å². The average Bonchev–Trinajstić information content (AvgIpc) is 2.69. The highest BCUT2D eigenvalue weighted by Gasteiger charge is 2.16. The molecular weight excluding hydrogens is 204 g/mol. The predicted molar refractivity (Wildman–Crippen MR) is 62.7 cm³/mol. The molecule has 0 aliphatic carbocycles. The number of carbonyl (C=O) groups excluding carboxylic acids is 1. The molecule has 4 nitrogen and oxygen atoms in total. The van der Waals surface area contributed by atoms with E-state index in [1.54, 1.807) is 12.3 Å². The van der Waals surface area contributed by atoms with Crippen LogP contribution in [-0.4, -0.2) is 11.9 Å². The molecule has 0 spiro atoms. The van der Waals surface area contributed by atoms with Crippen molar-refractivity contribution in [2.45, 2.75) is 39.3 Å². The van der Waals surface area contributed by atoms with E-state index < -0.39 is 0 Å². The van der Waals surface area contributed by atoms with Crippen molar-refractivity contribution in [1.82, 2.24) is 5.32 Å². The van der Waals surface area contributed by atoms with E-state index in [-0.39, 0.29) is 18.0 Å². The van der Waals surface area contributed by atoms with E-state index in [2.05, 4.69) is 5.32 Å². The van der Waals surface area contributed by atoms with Gasteiger partial charge in [0.1, 0.15) is 5.76 Å². The predicted octanol–water partition coefficient (Wildman–Crippen LogP) is 1.83. The summed E-state index contributed by atoms with van der Waals surface area (Å²) in [7, 11) is 0. The van der Waals surface area contributed by atoms with E-state index in [1.165, 1.54) is 0 Å². The second-order valence-electron chi connectivity index (χ2n) is 4.42. The van der Waals surface area contributed by atoms with Crippen molar-refractivity contribution >= 4 is 5.91 Å². The van der Waals surface area contributed by atoms with Crippen molar-refractivity contribution in [2.24, 2.45) is 11.7 Å². The van der Waals surface area contributed by atoms with Crippen LogP contribution in [0, 0.1) is 5.92 Å². The Bertz CT molecular complexity index is 320. The summed E-state index contributed by atoms with van der Waals surface area (Å²) in [5.74, 6) is 1.03. The van der Waals surface area contributed by atoms with E-state index in [4.69, 9.17) is 10.2 Å². The first-order valence-corrected chi connectivity index (χ1v) is 5.59. The number of nitrogens with one attached hydrogen (secondary N) is 1. The summed E-state index contributed by atoms with van der Waals surface area (Å²) in [4.78, 5) is 11.6. The Morgan fingerprint density at radius 1 is 1.50 bits per heavy atom. The lowest BCUT2D eigenvalue weighted by Crippen LogP contribution is -2.35. The second kappa shape index (κ2) is 5.70. The molecule has 0 saturated carbocycles. The Morgan fingerprint density at radius 2 is 2.19 bits per heavy atom. The lowest BCUT2D eigenvalue weighted by molar-refractivity contribution is -0.122. The molecule has 3 N–H and O–H groups in total. The largest absolute Gasteiger partial charge is 0.467 e. The Balaban J connectivity index is 2.40. The van der Waals surface area contributed by atoms with Gasteiger partial charge in [0.25, 0.3) is 0 Å². The van der Waals surface area contributed by atoms with Gasteiger partial charge in [-0.3, -0.25) is 4.79 Å². The summed E-state index contributed by atoms with van der Waals surface area (Å²) in [5, 5.41) is 2.86. The molecular formula is C12H20N2O2. The van der Waals surface area contributed by atoms with Crippen molar-refractivity contribution in [3.05, 3.63) is 24.2 Å². The molecule has 1 aromatic heterocycles. The van der Waals surface area contributed by atoms with Crippen molar-refractivity contribution < 1.29 is 9.21 Å². The van der Waals surface area contributed by atoms with Gasteiger partial charge in [-0.15, -0.1) is 0 Å². The third kappa shape index (κ3) is 3.70. The molecule has 0 saturated heterocycles. The number of rotatable bonds is 5. The van der Waals surface area contributed by atoms with Crippen LogP contribution in [0.3, 0.4) is 0 Å². The van der Waals surface area contributed by atoms with E-state index in [1.807, 2.05) is 26.8 Å². The van der Waals surface area contributed by atoms with Gasteiger partial charge in [-0.05, 0) is 25.0 Å². The quantitative estimate of drug-likeness (QED) is 0.801.